The average Bonchev–Trinajstić information content (AvgIpc) is 3.10. The standard InChI is InChI=1S/C21H23NO3/c1-24-21(15-8-4-2-5-9-15,16-10-6-3-7-11-16)20(23)25-14-19-17-12-22-13-18(17)19/h2-11,17-19,22H,12-14H2,1H3. The summed E-state index contributed by atoms with van der Waals surface area (Å²) < 4.78 is 11.6. The maximum Gasteiger partial charge on any atom is 0.347 e. The van der Waals surface area contributed by atoms with Crippen molar-refractivity contribution in [2.45, 2.75) is 5.60 Å². The molecule has 1 heterocycles. The fraction of sp³-hybridized carbons (Fsp3) is 0.381. The monoisotopic (exact) mass is 337 g/mol. The molecule has 1 N–H and O–H groups in total. The second kappa shape index (κ2) is 6.62. The number of rotatable bonds is 6. The van der Waals surface area contributed by atoms with Crippen LogP contribution in [0.1, 0.15) is 11.1 Å². The molecular formula is C21H23NO3. The number of nitrogens with one attached hydrogen (secondary N) is 1. The highest BCUT2D eigenvalue weighted by Crippen LogP contribution is 2.49. The predicted octanol–water partition coefficient (Wildman–Crippen LogP) is 2.59. The zero-order valence-electron chi connectivity index (χ0n) is 14.4. The minimum Gasteiger partial charge on any atom is -0.463 e. The molecule has 1 saturated carbocycles. The van der Waals surface area contributed by atoms with E-state index in [-0.39, 0.29) is 5.97 Å². The Kier molecular flexibility index (Phi) is 4.32. The molecule has 25 heavy (non-hydrogen) atoms. The van der Waals surface area contributed by atoms with Gasteiger partial charge in [-0.25, -0.2) is 4.79 Å². The topological polar surface area (TPSA) is 47.6 Å². The van der Waals surface area contributed by atoms with Crippen molar-refractivity contribution in [1.82, 2.24) is 5.32 Å². The Balaban J connectivity index is 1.61. The van der Waals surface area contributed by atoms with Crippen LogP contribution in [0.4, 0.5) is 0 Å². The van der Waals surface area contributed by atoms with Crippen LogP contribution in [0, 0.1) is 17.8 Å². The second-order valence-electron chi connectivity index (χ2n) is 6.87. The highest BCUT2D eigenvalue weighted by molar-refractivity contribution is 5.85. The van der Waals surface area contributed by atoms with Gasteiger partial charge in [0.25, 0.3) is 0 Å². The summed E-state index contributed by atoms with van der Waals surface area (Å²) in [5.74, 6) is 1.48. The van der Waals surface area contributed by atoms with Gasteiger partial charge in [0, 0.05) is 13.0 Å². The van der Waals surface area contributed by atoms with Crippen molar-refractivity contribution in [1.29, 1.82) is 0 Å². The lowest BCUT2D eigenvalue weighted by atomic mass is 9.86. The minimum absolute atomic E-state index is 0.342. The normalized spacial score (nSPS) is 24.6. The van der Waals surface area contributed by atoms with E-state index >= 15 is 0 Å². The van der Waals surface area contributed by atoms with Crippen LogP contribution < -0.4 is 5.32 Å². The Morgan fingerprint density at radius 1 is 1.00 bits per heavy atom. The highest BCUT2D eigenvalue weighted by Gasteiger charge is 2.54. The molecule has 4 heteroatoms. The SMILES string of the molecule is COC(C(=O)OCC1C2CNCC21)(c1ccccc1)c1ccccc1. The molecular weight excluding hydrogens is 314 g/mol. The number of benzene rings is 2. The maximum absolute atomic E-state index is 13.2. The van der Waals surface area contributed by atoms with Crippen LogP contribution in [0.25, 0.3) is 0 Å². The summed E-state index contributed by atoms with van der Waals surface area (Å²) >= 11 is 0. The van der Waals surface area contributed by atoms with Crippen molar-refractivity contribution in [3.05, 3.63) is 71.8 Å². The lowest BCUT2D eigenvalue weighted by molar-refractivity contribution is -0.166. The first-order chi connectivity index (χ1) is 12.3. The maximum atomic E-state index is 13.2. The van der Waals surface area contributed by atoms with Gasteiger partial charge < -0.3 is 14.8 Å². The number of carbonyl (C=O) groups excluding carboxylic acids is 1. The fourth-order valence-electron chi connectivity index (χ4n) is 4.13. The molecule has 1 saturated heterocycles. The van der Waals surface area contributed by atoms with Crippen molar-refractivity contribution in [3.8, 4) is 0 Å². The Morgan fingerprint density at radius 2 is 1.52 bits per heavy atom. The molecule has 2 aromatic carbocycles. The Labute approximate surface area is 148 Å². The fourth-order valence-corrected chi connectivity index (χ4v) is 4.13. The second-order valence-corrected chi connectivity index (χ2v) is 6.87. The first-order valence-corrected chi connectivity index (χ1v) is 8.81. The van der Waals surface area contributed by atoms with Gasteiger partial charge in [-0.2, -0.15) is 0 Å². The molecule has 2 unspecified atom stereocenters. The van der Waals surface area contributed by atoms with Gasteiger partial charge in [0.05, 0.1) is 6.61 Å². The van der Waals surface area contributed by atoms with Gasteiger partial charge in [-0.15, -0.1) is 0 Å². The molecule has 4 nitrogen and oxygen atoms in total. The number of methoxy groups -OCH3 is 1. The molecule has 0 amide bonds. The molecule has 1 aliphatic carbocycles. The summed E-state index contributed by atoms with van der Waals surface area (Å²) in [5, 5.41) is 3.37. The van der Waals surface area contributed by atoms with Gasteiger partial charge >= 0.3 is 5.97 Å². The zero-order chi connectivity index (χ0) is 17.3. The summed E-state index contributed by atoms with van der Waals surface area (Å²) in [6.07, 6.45) is 0. The lowest BCUT2D eigenvalue weighted by Gasteiger charge is -2.31. The highest BCUT2D eigenvalue weighted by atomic mass is 16.6. The largest absolute Gasteiger partial charge is 0.463 e. The van der Waals surface area contributed by atoms with Crippen molar-refractivity contribution in [2.75, 3.05) is 26.8 Å². The summed E-state index contributed by atoms with van der Waals surface area (Å²) in [6, 6.07) is 19.2. The molecule has 4 rings (SSSR count). The van der Waals surface area contributed by atoms with Gasteiger partial charge in [-0.05, 0) is 36.1 Å². The molecule has 0 radical (unpaired) electrons. The zero-order valence-corrected chi connectivity index (χ0v) is 14.4. The van der Waals surface area contributed by atoms with E-state index in [9.17, 15) is 4.79 Å². The number of hydrogen-bond donors (Lipinski definition) is 1. The Hall–Kier alpha value is -2.17. The van der Waals surface area contributed by atoms with Gasteiger partial charge in [0.1, 0.15) is 0 Å². The van der Waals surface area contributed by atoms with E-state index in [1.165, 1.54) is 0 Å². The van der Waals surface area contributed by atoms with E-state index in [2.05, 4.69) is 5.32 Å². The summed E-state index contributed by atoms with van der Waals surface area (Å²) in [4.78, 5) is 13.2. The van der Waals surface area contributed by atoms with E-state index in [1.54, 1.807) is 7.11 Å². The molecule has 0 aromatic heterocycles. The van der Waals surface area contributed by atoms with E-state index in [0.717, 1.165) is 24.2 Å². The van der Waals surface area contributed by atoms with Crippen LogP contribution in [0.2, 0.25) is 0 Å². The van der Waals surface area contributed by atoms with Crippen molar-refractivity contribution >= 4 is 5.97 Å². The van der Waals surface area contributed by atoms with Crippen LogP contribution in [-0.2, 0) is 19.9 Å². The molecule has 2 atom stereocenters. The third kappa shape index (κ3) is 2.75. The quantitative estimate of drug-likeness (QED) is 0.823. The molecule has 0 bridgehead atoms. The van der Waals surface area contributed by atoms with E-state index in [4.69, 9.17) is 9.47 Å². The van der Waals surface area contributed by atoms with Crippen LogP contribution >= 0.6 is 0 Å². The smallest absolute Gasteiger partial charge is 0.347 e. The summed E-state index contributed by atoms with van der Waals surface area (Å²) in [7, 11) is 1.57. The number of ether oxygens (including phenoxy) is 2. The third-order valence-electron chi connectivity index (χ3n) is 5.63. The lowest BCUT2D eigenvalue weighted by Crippen LogP contribution is -2.41. The van der Waals surface area contributed by atoms with Gasteiger partial charge in [-0.3, -0.25) is 0 Å². The summed E-state index contributed by atoms with van der Waals surface area (Å²) in [5.41, 5.74) is 0.336. The van der Waals surface area contributed by atoms with Gasteiger partial charge in [-0.1, -0.05) is 60.7 Å². The first kappa shape index (κ1) is 16.3. The minimum atomic E-state index is -1.23. The van der Waals surface area contributed by atoms with Crippen molar-refractivity contribution in [2.24, 2.45) is 17.8 Å². The molecule has 1 aliphatic heterocycles. The molecule has 2 aliphatic rings. The van der Waals surface area contributed by atoms with E-state index < -0.39 is 5.60 Å². The van der Waals surface area contributed by atoms with Crippen LogP contribution in [0.3, 0.4) is 0 Å². The van der Waals surface area contributed by atoms with E-state index in [0.29, 0.717) is 24.4 Å². The molecule has 2 fully saturated rings. The van der Waals surface area contributed by atoms with Gasteiger partial charge in [0.15, 0.2) is 0 Å². The van der Waals surface area contributed by atoms with E-state index in [1.807, 2.05) is 60.7 Å². The summed E-state index contributed by atoms with van der Waals surface area (Å²) in [6.45, 7) is 2.56. The first-order valence-electron chi connectivity index (χ1n) is 8.81. The molecule has 2 aromatic rings. The Bertz CT molecular complexity index is 682. The van der Waals surface area contributed by atoms with Crippen molar-refractivity contribution < 1.29 is 14.3 Å². The molecule has 0 spiro atoms. The molecule has 130 valence electrons. The van der Waals surface area contributed by atoms with Gasteiger partial charge in [0.2, 0.25) is 5.60 Å². The Morgan fingerprint density at radius 3 is 2.00 bits per heavy atom. The number of hydrogen-bond acceptors (Lipinski definition) is 4. The predicted molar refractivity (Wildman–Crippen MR) is 95.0 cm³/mol. The van der Waals surface area contributed by atoms with Crippen molar-refractivity contribution in [3.63, 3.8) is 0 Å². The number of piperidine rings is 1. The van der Waals surface area contributed by atoms with Crippen LogP contribution in [0.15, 0.2) is 60.7 Å². The third-order valence-corrected chi connectivity index (χ3v) is 5.63. The number of fused-ring (bicyclic) bond motifs is 1. The van der Waals surface area contributed by atoms with Crippen LogP contribution in [-0.4, -0.2) is 32.8 Å². The average molecular weight is 337 g/mol. The number of carbonyl (C=O) groups is 1. The number of esters is 1. The van der Waals surface area contributed by atoms with Crippen LogP contribution in [0.5, 0.6) is 0 Å².